The normalized spacial score (nSPS) is 29.9. The van der Waals surface area contributed by atoms with E-state index in [9.17, 15) is 24.3 Å². The molecule has 2 saturated heterocycles. The SMILES string of the molecule is CC(=O)O[C@@]12CO[C@@H]1C[C@H](OC(=O)OCc1ccccc1)[C@@]1(C)C(=O)[C@H](OC(=O)OCc3ccccc3)C3=C(C)[C@@H](OC(=O)[C@@H]4OC(C)(C)N(C(=O)OC(C)(C)C)[C@H]4c4ccccc4)C[C@@](O)([C@@H](C(=O)Oc4ccccc4)C12)C3(C)C. The summed E-state index contributed by atoms with van der Waals surface area (Å²) in [5, 5.41) is 14.4. The monoisotopic (exact) mass is 1120 g/mol. The van der Waals surface area contributed by atoms with Crippen LogP contribution in [0.1, 0.15) is 105 Å². The Morgan fingerprint density at radius 2 is 1.27 bits per heavy atom. The highest BCUT2D eigenvalue weighted by Gasteiger charge is 2.79. The number of Topliss-reactive ketones (excluding diaryl/α,β-unsaturated/α-hetero) is 1. The molecule has 2 heterocycles. The average Bonchev–Trinajstić information content (AvgIpc) is 1.32. The summed E-state index contributed by atoms with van der Waals surface area (Å²) in [4.78, 5) is 106. The third kappa shape index (κ3) is 10.9. The van der Waals surface area contributed by atoms with Crippen LogP contribution in [0.25, 0.3) is 0 Å². The quantitative estimate of drug-likeness (QED) is 0.0602. The molecule has 4 fully saturated rings. The van der Waals surface area contributed by atoms with E-state index in [0.29, 0.717) is 16.7 Å². The van der Waals surface area contributed by atoms with Crippen LogP contribution in [-0.4, -0.2) is 112 Å². The smallest absolute Gasteiger partial charge is 0.456 e. The van der Waals surface area contributed by atoms with E-state index in [2.05, 4.69) is 0 Å². The van der Waals surface area contributed by atoms with E-state index in [4.69, 9.17) is 47.4 Å². The first kappa shape index (κ1) is 58.1. The van der Waals surface area contributed by atoms with Crippen LogP contribution in [0.3, 0.4) is 0 Å². The lowest BCUT2D eigenvalue weighted by atomic mass is 9.42. The molecular weight excluding hydrogens is 1050 g/mol. The number of benzene rings is 4. The standard InChI is InChI=1S/C62H69NO18/c1-36-42(76-53(67)49-47(40-27-19-13-20-28-40)63(59(8,9)80-49)54(68)81-57(3,4)5)32-62(71)46(52(66)75-41-29-21-14-22-30-41)50-60(10,51(65)48(45(36)58(62,6)7)78-56(70)73-34-39-25-17-12-18-26-39)43(31-44-61(50,35-74-44)79-37(2)64)77-55(69)72-33-38-23-15-11-16-24-38/h11-30,42-44,46-50,71H,31-35H2,1-10H3/t42-,43-,44+,46+,47-,48+,49+,50?,60+,61-,62+/m0/s1. The number of esters is 3. The van der Waals surface area contributed by atoms with Gasteiger partial charge in [0.25, 0.3) is 0 Å². The fraction of sp³-hybridized carbons (Fsp3) is 0.468. The number of fused-ring (bicyclic) bond motifs is 5. The van der Waals surface area contributed by atoms with Crippen molar-refractivity contribution in [2.75, 3.05) is 6.61 Å². The zero-order valence-electron chi connectivity index (χ0n) is 47.0. The molecule has 81 heavy (non-hydrogen) atoms. The highest BCUT2D eigenvalue weighted by molar-refractivity contribution is 5.96. The molecule has 5 aliphatic rings. The van der Waals surface area contributed by atoms with Gasteiger partial charge in [0.15, 0.2) is 23.6 Å². The van der Waals surface area contributed by atoms with Gasteiger partial charge in [-0.2, -0.15) is 0 Å². The lowest BCUT2D eigenvalue weighted by Crippen LogP contribution is -2.81. The largest absolute Gasteiger partial charge is 0.509 e. The third-order valence-electron chi connectivity index (χ3n) is 16.5. The van der Waals surface area contributed by atoms with Gasteiger partial charge in [0, 0.05) is 31.1 Å². The summed E-state index contributed by atoms with van der Waals surface area (Å²) in [6.45, 7) is 14.5. The van der Waals surface area contributed by atoms with E-state index in [1.54, 1.807) is 165 Å². The number of aliphatic hydroxyl groups is 1. The number of para-hydroxylation sites is 1. The first-order valence-corrected chi connectivity index (χ1v) is 27.0. The summed E-state index contributed by atoms with van der Waals surface area (Å²) in [6, 6.07) is 32.9. The van der Waals surface area contributed by atoms with Crippen molar-refractivity contribution in [3.63, 3.8) is 0 Å². The van der Waals surface area contributed by atoms with Crippen LogP contribution < -0.4 is 4.74 Å². The first-order valence-electron chi connectivity index (χ1n) is 27.0. The predicted octanol–water partition coefficient (Wildman–Crippen LogP) is 9.46. The molecule has 0 aromatic heterocycles. The summed E-state index contributed by atoms with van der Waals surface area (Å²) in [5.74, 6) is -7.66. The van der Waals surface area contributed by atoms with Gasteiger partial charge in [-0.25, -0.2) is 19.2 Å². The second kappa shape index (κ2) is 22.0. The minimum atomic E-state index is -2.57. The van der Waals surface area contributed by atoms with Gasteiger partial charge >= 0.3 is 36.3 Å². The van der Waals surface area contributed by atoms with Crippen LogP contribution in [0.2, 0.25) is 0 Å². The molecule has 2 saturated carbocycles. The highest BCUT2D eigenvalue weighted by atomic mass is 16.7. The zero-order valence-corrected chi connectivity index (χ0v) is 47.0. The van der Waals surface area contributed by atoms with Crippen LogP contribution in [-0.2, 0) is 75.0 Å². The topological polar surface area (TPSA) is 235 Å². The summed E-state index contributed by atoms with van der Waals surface area (Å²) in [7, 11) is 0. The molecule has 2 aliphatic heterocycles. The van der Waals surface area contributed by atoms with Crippen molar-refractivity contribution in [3.8, 4) is 5.75 Å². The number of nitrogens with zero attached hydrogens (tertiary/aromatic N) is 1. The first-order chi connectivity index (χ1) is 38.2. The van der Waals surface area contributed by atoms with Crippen molar-refractivity contribution in [1.29, 1.82) is 0 Å². The molecule has 4 aromatic rings. The van der Waals surface area contributed by atoms with Gasteiger partial charge in [0.1, 0.15) is 54.6 Å². The Morgan fingerprint density at radius 3 is 1.80 bits per heavy atom. The Labute approximate surface area is 470 Å². The van der Waals surface area contributed by atoms with Gasteiger partial charge in [-0.05, 0) is 88.4 Å². The molecule has 19 heteroatoms. The molecule has 4 aromatic carbocycles. The number of ketones is 1. The zero-order chi connectivity index (χ0) is 58.5. The minimum Gasteiger partial charge on any atom is -0.456 e. The van der Waals surface area contributed by atoms with E-state index in [-0.39, 0.29) is 36.5 Å². The van der Waals surface area contributed by atoms with E-state index in [0.717, 1.165) is 6.92 Å². The molecule has 1 unspecified atom stereocenters. The van der Waals surface area contributed by atoms with E-state index in [1.807, 2.05) is 0 Å². The Kier molecular flexibility index (Phi) is 15.8. The molecular formula is C62H69NO18. The Bertz CT molecular complexity index is 3070. The van der Waals surface area contributed by atoms with Crippen LogP contribution in [0.5, 0.6) is 5.75 Å². The van der Waals surface area contributed by atoms with Crippen molar-refractivity contribution in [1.82, 2.24) is 4.90 Å². The van der Waals surface area contributed by atoms with Crippen molar-refractivity contribution < 1.29 is 86.0 Å². The van der Waals surface area contributed by atoms with Gasteiger partial charge in [0.05, 0.1) is 23.5 Å². The second-order valence-corrected chi connectivity index (χ2v) is 23.5. The molecule has 1 amide bonds. The predicted molar refractivity (Wildman–Crippen MR) is 286 cm³/mol. The molecule has 3 aliphatic carbocycles. The van der Waals surface area contributed by atoms with E-state index < -0.39 is 137 Å². The summed E-state index contributed by atoms with van der Waals surface area (Å²) in [5.41, 5.74) is -9.41. The Morgan fingerprint density at radius 1 is 0.728 bits per heavy atom. The fourth-order valence-corrected chi connectivity index (χ4v) is 12.8. The number of rotatable bonds is 12. The van der Waals surface area contributed by atoms with Gasteiger partial charge in [0.2, 0.25) is 0 Å². The molecule has 430 valence electrons. The van der Waals surface area contributed by atoms with E-state index in [1.165, 1.54) is 24.0 Å². The molecule has 0 radical (unpaired) electrons. The molecule has 2 bridgehead atoms. The van der Waals surface area contributed by atoms with Crippen LogP contribution >= 0.6 is 0 Å². The third-order valence-corrected chi connectivity index (χ3v) is 16.5. The lowest BCUT2D eigenvalue weighted by Gasteiger charge is -2.67. The van der Waals surface area contributed by atoms with Gasteiger partial charge in [-0.15, -0.1) is 0 Å². The summed E-state index contributed by atoms with van der Waals surface area (Å²) < 4.78 is 61.3. The number of amides is 1. The fourth-order valence-electron chi connectivity index (χ4n) is 12.8. The number of ether oxygens (including phenoxy) is 10. The molecule has 0 spiro atoms. The summed E-state index contributed by atoms with van der Waals surface area (Å²) >= 11 is 0. The lowest BCUT2D eigenvalue weighted by molar-refractivity contribution is -0.337. The highest BCUT2D eigenvalue weighted by Crippen LogP contribution is 2.66. The minimum absolute atomic E-state index is 0.0330. The number of hydrogen-bond acceptors (Lipinski definition) is 18. The number of carbonyl (C=O) groups is 7. The maximum absolute atomic E-state index is 16.7. The molecule has 11 atom stereocenters. The van der Waals surface area contributed by atoms with Gasteiger partial charge < -0.3 is 52.5 Å². The number of hydrogen-bond donors (Lipinski definition) is 1. The maximum Gasteiger partial charge on any atom is 0.509 e. The maximum atomic E-state index is 16.7. The molecule has 19 nitrogen and oxygen atoms in total. The van der Waals surface area contributed by atoms with Crippen LogP contribution in [0, 0.1) is 22.7 Å². The Balaban J connectivity index is 1.23. The van der Waals surface area contributed by atoms with Crippen molar-refractivity contribution >= 4 is 42.1 Å². The van der Waals surface area contributed by atoms with Crippen molar-refractivity contribution in [2.24, 2.45) is 22.7 Å². The van der Waals surface area contributed by atoms with Crippen molar-refractivity contribution in [2.45, 2.75) is 154 Å². The van der Waals surface area contributed by atoms with Crippen LogP contribution in [0.4, 0.5) is 14.4 Å². The number of carbonyl (C=O) groups excluding carboxylic acids is 7. The van der Waals surface area contributed by atoms with Gasteiger partial charge in [-0.3, -0.25) is 19.3 Å². The average molecular weight is 1120 g/mol. The second-order valence-electron chi connectivity index (χ2n) is 23.5. The molecule has 9 rings (SSSR count). The van der Waals surface area contributed by atoms with Crippen LogP contribution in [0.15, 0.2) is 132 Å². The summed E-state index contributed by atoms with van der Waals surface area (Å²) in [6.07, 6.45) is -12.3. The van der Waals surface area contributed by atoms with Gasteiger partial charge in [-0.1, -0.05) is 123 Å². The van der Waals surface area contributed by atoms with Crippen molar-refractivity contribution in [3.05, 3.63) is 149 Å². The molecule has 1 N–H and O–H groups in total. The van der Waals surface area contributed by atoms with E-state index >= 15 is 14.4 Å². The Hall–Kier alpha value is -7.61.